The third-order valence-corrected chi connectivity index (χ3v) is 2.65. The fraction of sp³-hybridized carbons (Fsp3) is 0.286. The van der Waals surface area contributed by atoms with E-state index in [-0.39, 0.29) is 0 Å². The summed E-state index contributed by atoms with van der Waals surface area (Å²) in [5, 5.41) is 0. The number of nitrogens with zero attached hydrogens (tertiary/aromatic N) is 1. The molecule has 0 saturated heterocycles. The van der Waals surface area contributed by atoms with Crippen LogP contribution in [0.1, 0.15) is 5.69 Å². The molecule has 3 nitrogen and oxygen atoms in total. The Balaban J connectivity index is 2.33. The van der Waals surface area contributed by atoms with Crippen LogP contribution in [0.4, 0.5) is 0 Å². The standard InChI is InChI=1S/C14H17NO2/c1-16-10-14-8-13(9-15(14)11-17-2)12-6-4-3-5-7-12/h3-9H,10-11H2,1-2H3. The lowest BCUT2D eigenvalue weighted by Crippen LogP contribution is -2.03. The third-order valence-electron chi connectivity index (χ3n) is 2.65. The van der Waals surface area contributed by atoms with Crippen molar-refractivity contribution in [2.45, 2.75) is 13.3 Å². The van der Waals surface area contributed by atoms with Gasteiger partial charge in [-0.2, -0.15) is 0 Å². The van der Waals surface area contributed by atoms with Gasteiger partial charge in [0.05, 0.1) is 6.61 Å². The molecule has 0 fully saturated rings. The molecule has 0 N–H and O–H groups in total. The highest BCUT2D eigenvalue weighted by molar-refractivity contribution is 5.63. The van der Waals surface area contributed by atoms with Crippen LogP contribution in [0, 0.1) is 0 Å². The zero-order chi connectivity index (χ0) is 12.1. The summed E-state index contributed by atoms with van der Waals surface area (Å²) in [6.07, 6.45) is 2.09. The highest BCUT2D eigenvalue weighted by atomic mass is 16.5. The first kappa shape index (κ1) is 11.9. The van der Waals surface area contributed by atoms with Crippen LogP contribution in [0.2, 0.25) is 0 Å². The molecule has 2 rings (SSSR count). The largest absolute Gasteiger partial charge is 0.378 e. The van der Waals surface area contributed by atoms with E-state index in [2.05, 4.69) is 29.0 Å². The van der Waals surface area contributed by atoms with E-state index in [0.717, 1.165) is 5.69 Å². The van der Waals surface area contributed by atoms with Crippen molar-refractivity contribution >= 4 is 0 Å². The lowest BCUT2D eigenvalue weighted by Gasteiger charge is -2.05. The number of benzene rings is 1. The molecule has 0 atom stereocenters. The topological polar surface area (TPSA) is 23.4 Å². The molecule has 90 valence electrons. The smallest absolute Gasteiger partial charge is 0.122 e. The van der Waals surface area contributed by atoms with Gasteiger partial charge in [0.2, 0.25) is 0 Å². The first-order valence-corrected chi connectivity index (χ1v) is 5.57. The summed E-state index contributed by atoms with van der Waals surface area (Å²) in [5.74, 6) is 0. The van der Waals surface area contributed by atoms with Gasteiger partial charge in [0.25, 0.3) is 0 Å². The molecule has 1 aromatic heterocycles. The van der Waals surface area contributed by atoms with Crippen LogP contribution in [0.15, 0.2) is 42.6 Å². The molecule has 0 unspecified atom stereocenters. The second kappa shape index (κ2) is 5.66. The molecule has 3 heteroatoms. The van der Waals surface area contributed by atoms with E-state index in [1.165, 1.54) is 11.1 Å². The number of methoxy groups -OCH3 is 2. The average molecular weight is 231 g/mol. The molecule has 0 aliphatic heterocycles. The predicted octanol–water partition coefficient (Wildman–Crippen LogP) is 2.91. The fourth-order valence-corrected chi connectivity index (χ4v) is 1.87. The van der Waals surface area contributed by atoms with Gasteiger partial charge >= 0.3 is 0 Å². The second-order valence-electron chi connectivity index (χ2n) is 3.91. The maximum absolute atomic E-state index is 5.19. The fourth-order valence-electron chi connectivity index (χ4n) is 1.87. The molecule has 0 radical (unpaired) electrons. The third kappa shape index (κ3) is 2.75. The zero-order valence-corrected chi connectivity index (χ0v) is 10.2. The Morgan fingerprint density at radius 1 is 1.00 bits per heavy atom. The number of hydrogen-bond donors (Lipinski definition) is 0. The van der Waals surface area contributed by atoms with Crippen LogP contribution in [-0.4, -0.2) is 18.8 Å². The van der Waals surface area contributed by atoms with Gasteiger partial charge in [0.15, 0.2) is 0 Å². The Bertz CT molecular complexity index is 439. The van der Waals surface area contributed by atoms with E-state index in [1.807, 2.05) is 18.2 Å². The first-order valence-electron chi connectivity index (χ1n) is 5.57. The second-order valence-corrected chi connectivity index (χ2v) is 3.91. The molecule has 17 heavy (non-hydrogen) atoms. The summed E-state index contributed by atoms with van der Waals surface area (Å²) in [6.45, 7) is 1.14. The molecule has 0 aliphatic rings. The van der Waals surface area contributed by atoms with E-state index in [4.69, 9.17) is 9.47 Å². The highest BCUT2D eigenvalue weighted by Crippen LogP contribution is 2.22. The zero-order valence-electron chi connectivity index (χ0n) is 10.2. The van der Waals surface area contributed by atoms with Crippen molar-refractivity contribution in [3.05, 3.63) is 48.3 Å². The van der Waals surface area contributed by atoms with Crippen molar-refractivity contribution in [3.63, 3.8) is 0 Å². The normalized spacial score (nSPS) is 10.7. The van der Waals surface area contributed by atoms with Gasteiger partial charge in [-0.3, -0.25) is 0 Å². The van der Waals surface area contributed by atoms with Gasteiger partial charge in [0.1, 0.15) is 6.73 Å². The van der Waals surface area contributed by atoms with Crippen LogP contribution < -0.4 is 0 Å². The first-order chi connectivity index (χ1) is 8.35. The summed E-state index contributed by atoms with van der Waals surface area (Å²) in [4.78, 5) is 0. The van der Waals surface area contributed by atoms with E-state index < -0.39 is 0 Å². The van der Waals surface area contributed by atoms with Gasteiger partial charge in [-0.25, -0.2) is 0 Å². The minimum atomic E-state index is 0.547. The maximum atomic E-state index is 5.19. The van der Waals surface area contributed by atoms with Crippen LogP contribution in [-0.2, 0) is 22.8 Å². The quantitative estimate of drug-likeness (QED) is 0.790. The summed E-state index contributed by atoms with van der Waals surface area (Å²) < 4.78 is 12.4. The molecule has 2 aromatic rings. The summed E-state index contributed by atoms with van der Waals surface area (Å²) in [5.41, 5.74) is 3.52. The van der Waals surface area contributed by atoms with E-state index in [1.54, 1.807) is 14.2 Å². The molecule has 0 spiro atoms. The van der Waals surface area contributed by atoms with Crippen molar-refractivity contribution in [1.29, 1.82) is 0 Å². The van der Waals surface area contributed by atoms with Crippen molar-refractivity contribution in [1.82, 2.24) is 4.57 Å². The SMILES string of the molecule is COCc1cc(-c2ccccc2)cn1COC. The molecule has 0 bridgehead atoms. The van der Waals surface area contributed by atoms with Crippen molar-refractivity contribution < 1.29 is 9.47 Å². The van der Waals surface area contributed by atoms with E-state index in [0.29, 0.717) is 13.3 Å². The average Bonchev–Trinajstić information content (AvgIpc) is 2.75. The van der Waals surface area contributed by atoms with E-state index >= 15 is 0 Å². The summed E-state index contributed by atoms with van der Waals surface area (Å²) >= 11 is 0. The van der Waals surface area contributed by atoms with Gasteiger partial charge < -0.3 is 14.0 Å². The highest BCUT2D eigenvalue weighted by Gasteiger charge is 2.06. The molecule has 0 saturated carbocycles. The van der Waals surface area contributed by atoms with E-state index in [9.17, 15) is 0 Å². The Labute approximate surface area is 102 Å². The minimum absolute atomic E-state index is 0.547. The Hall–Kier alpha value is -1.58. The van der Waals surface area contributed by atoms with Crippen molar-refractivity contribution in [2.75, 3.05) is 14.2 Å². The number of rotatable bonds is 5. The summed E-state index contributed by atoms with van der Waals surface area (Å²) in [7, 11) is 3.39. The molecule has 0 aliphatic carbocycles. The molecule has 0 amide bonds. The Kier molecular flexibility index (Phi) is 3.96. The maximum Gasteiger partial charge on any atom is 0.122 e. The Morgan fingerprint density at radius 2 is 1.76 bits per heavy atom. The van der Waals surface area contributed by atoms with Gasteiger partial charge in [-0.15, -0.1) is 0 Å². The summed E-state index contributed by atoms with van der Waals surface area (Å²) in [6, 6.07) is 12.4. The minimum Gasteiger partial charge on any atom is -0.378 e. The van der Waals surface area contributed by atoms with Crippen molar-refractivity contribution in [2.24, 2.45) is 0 Å². The number of aromatic nitrogens is 1. The molecular formula is C14H17NO2. The predicted molar refractivity (Wildman–Crippen MR) is 67.6 cm³/mol. The molecule has 1 heterocycles. The monoisotopic (exact) mass is 231 g/mol. The number of ether oxygens (including phenoxy) is 2. The van der Waals surface area contributed by atoms with Crippen LogP contribution in [0.25, 0.3) is 11.1 Å². The lowest BCUT2D eigenvalue weighted by atomic mass is 10.1. The van der Waals surface area contributed by atoms with Gasteiger partial charge in [-0.1, -0.05) is 30.3 Å². The van der Waals surface area contributed by atoms with Crippen molar-refractivity contribution in [3.8, 4) is 11.1 Å². The van der Waals surface area contributed by atoms with Gasteiger partial charge in [-0.05, 0) is 17.2 Å². The lowest BCUT2D eigenvalue weighted by molar-refractivity contribution is 0.117. The van der Waals surface area contributed by atoms with Gasteiger partial charge in [0, 0.05) is 26.1 Å². The Morgan fingerprint density at radius 3 is 2.41 bits per heavy atom. The van der Waals surface area contributed by atoms with Crippen LogP contribution >= 0.6 is 0 Å². The van der Waals surface area contributed by atoms with Crippen LogP contribution in [0.3, 0.4) is 0 Å². The molecular weight excluding hydrogens is 214 g/mol. The molecule has 1 aromatic carbocycles. The van der Waals surface area contributed by atoms with Crippen LogP contribution in [0.5, 0.6) is 0 Å². The number of hydrogen-bond acceptors (Lipinski definition) is 2.